The molecule has 3 aliphatic rings. The third-order valence-electron chi connectivity index (χ3n) is 5.23. The Balaban J connectivity index is 1.66. The summed E-state index contributed by atoms with van der Waals surface area (Å²) in [5, 5.41) is 4.84. The molecular formula is C16H24N2OS. The third-order valence-corrected chi connectivity index (χ3v) is 6.58. The number of fused-ring (bicyclic) bond motifs is 3. The second-order valence-corrected chi connectivity index (χ2v) is 8.53. The van der Waals surface area contributed by atoms with Crippen LogP contribution in [0.2, 0.25) is 0 Å². The summed E-state index contributed by atoms with van der Waals surface area (Å²) in [5.41, 5.74) is 1.71. The molecule has 0 aromatic carbocycles. The first kappa shape index (κ1) is 13.2. The van der Waals surface area contributed by atoms with Crippen LogP contribution >= 0.6 is 11.3 Å². The summed E-state index contributed by atoms with van der Waals surface area (Å²) >= 11 is 1.95. The Morgan fingerprint density at radius 1 is 1.35 bits per heavy atom. The highest BCUT2D eigenvalue weighted by Gasteiger charge is 2.44. The quantitative estimate of drug-likeness (QED) is 0.907. The molecule has 0 saturated carbocycles. The van der Waals surface area contributed by atoms with Gasteiger partial charge in [0.25, 0.3) is 0 Å². The van der Waals surface area contributed by atoms with Gasteiger partial charge in [0.1, 0.15) is 0 Å². The van der Waals surface area contributed by atoms with Crippen molar-refractivity contribution in [3.05, 3.63) is 15.6 Å². The van der Waals surface area contributed by atoms with Gasteiger partial charge in [0.2, 0.25) is 0 Å². The van der Waals surface area contributed by atoms with Crippen molar-refractivity contribution >= 4 is 11.3 Å². The lowest BCUT2D eigenvalue weighted by atomic mass is 9.76. The van der Waals surface area contributed by atoms with Crippen LogP contribution in [0.25, 0.3) is 0 Å². The Labute approximate surface area is 125 Å². The molecule has 4 unspecified atom stereocenters. The first-order chi connectivity index (χ1) is 9.55. The molecule has 2 bridgehead atoms. The molecule has 2 saturated heterocycles. The van der Waals surface area contributed by atoms with E-state index < -0.39 is 0 Å². The Bertz CT molecular complexity index is 525. The van der Waals surface area contributed by atoms with Gasteiger partial charge >= 0.3 is 0 Å². The van der Waals surface area contributed by atoms with Crippen molar-refractivity contribution in [3.8, 4) is 0 Å². The summed E-state index contributed by atoms with van der Waals surface area (Å²) in [7, 11) is 2.08. The maximum atomic E-state index is 6.02. The Kier molecular flexibility index (Phi) is 2.99. The van der Waals surface area contributed by atoms with E-state index in [2.05, 4.69) is 26.2 Å². The van der Waals surface area contributed by atoms with E-state index in [1.165, 1.54) is 41.3 Å². The van der Waals surface area contributed by atoms with Gasteiger partial charge in [-0.05, 0) is 44.6 Å². The van der Waals surface area contributed by atoms with Crippen molar-refractivity contribution in [1.82, 2.24) is 10.3 Å². The van der Waals surface area contributed by atoms with Crippen LogP contribution in [0.15, 0.2) is 0 Å². The van der Waals surface area contributed by atoms with Gasteiger partial charge in [-0.3, -0.25) is 0 Å². The Morgan fingerprint density at radius 3 is 2.85 bits per heavy atom. The van der Waals surface area contributed by atoms with E-state index in [4.69, 9.17) is 9.72 Å². The summed E-state index contributed by atoms with van der Waals surface area (Å²) in [4.78, 5) is 6.53. The number of thiazole rings is 1. The lowest BCUT2D eigenvalue weighted by molar-refractivity contribution is 0.100. The van der Waals surface area contributed by atoms with Crippen LogP contribution in [0.4, 0.5) is 0 Å². The zero-order valence-electron chi connectivity index (χ0n) is 12.6. The fraction of sp³-hybridized carbons (Fsp3) is 0.812. The van der Waals surface area contributed by atoms with Gasteiger partial charge in [-0.25, -0.2) is 4.98 Å². The fourth-order valence-electron chi connectivity index (χ4n) is 4.24. The minimum atomic E-state index is 0.358. The van der Waals surface area contributed by atoms with Crippen molar-refractivity contribution in [1.29, 1.82) is 0 Å². The van der Waals surface area contributed by atoms with Gasteiger partial charge in [-0.2, -0.15) is 0 Å². The zero-order valence-corrected chi connectivity index (χ0v) is 13.4. The van der Waals surface area contributed by atoms with Gasteiger partial charge in [-0.15, -0.1) is 11.3 Å². The van der Waals surface area contributed by atoms with Gasteiger partial charge < -0.3 is 10.1 Å². The largest absolute Gasteiger partial charge is 0.374 e. The third kappa shape index (κ3) is 2.04. The van der Waals surface area contributed by atoms with Crippen LogP contribution < -0.4 is 5.32 Å². The van der Waals surface area contributed by atoms with Crippen molar-refractivity contribution in [2.24, 2.45) is 5.41 Å². The Morgan fingerprint density at radius 2 is 2.20 bits per heavy atom. The van der Waals surface area contributed by atoms with Crippen molar-refractivity contribution in [2.45, 2.75) is 70.1 Å². The van der Waals surface area contributed by atoms with Crippen LogP contribution in [0.5, 0.6) is 0 Å². The van der Waals surface area contributed by atoms with Crippen LogP contribution in [-0.2, 0) is 11.2 Å². The monoisotopic (exact) mass is 292 g/mol. The second-order valence-electron chi connectivity index (χ2n) is 7.47. The molecule has 110 valence electrons. The number of rotatable bonds is 2. The molecule has 3 nitrogen and oxygen atoms in total. The fourth-order valence-corrected chi connectivity index (χ4v) is 5.60. The molecule has 1 aliphatic carbocycles. The van der Waals surface area contributed by atoms with E-state index in [1.54, 1.807) is 0 Å². The lowest BCUT2D eigenvalue weighted by Gasteiger charge is -2.34. The normalized spacial score (nSPS) is 38.1. The van der Waals surface area contributed by atoms with Gasteiger partial charge in [-0.1, -0.05) is 13.8 Å². The molecular weight excluding hydrogens is 268 g/mol. The highest BCUT2D eigenvalue weighted by Crippen LogP contribution is 2.49. The molecule has 1 N–H and O–H groups in total. The number of hydrogen-bond acceptors (Lipinski definition) is 4. The molecule has 20 heavy (non-hydrogen) atoms. The molecule has 4 atom stereocenters. The van der Waals surface area contributed by atoms with E-state index in [0.29, 0.717) is 29.6 Å². The molecule has 2 aliphatic heterocycles. The van der Waals surface area contributed by atoms with E-state index in [9.17, 15) is 0 Å². The minimum Gasteiger partial charge on any atom is -0.374 e. The van der Waals surface area contributed by atoms with Crippen LogP contribution in [-0.4, -0.2) is 24.2 Å². The predicted molar refractivity (Wildman–Crippen MR) is 81.3 cm³/mol. The number of nitrogens with zero attached hydrogens (tertiary/aromatic N) is 1. The van der Waals surface area contributed by atoms with Crippen LogP contribution in [0, 0.1) is 5.41 Å². The average molecular weight is 292 g/mol. The minimum absolute atomic E-state index is 0.358. The molecule has 0 spiro atoms. The maximum Gasteiger partial charge on any atom is 0.0989 e. The molecule has 3 heterocycles. The summed E-state index contributed by atoms with van der Waals surface area (Å²) in [6.07, 6.45) is 7.00. The molecule has 1 aromatic rings. The van der Waals surface area contributed by atoms with Gasteiger partial charge in [0.05, 0.1) is 22.9 Å². The van der Waals surface area contributed by atoms with Crippen molar-refractivity contribution < 1.29 is 4.74 Å². The summed E-state index contributed by atoms with van der Waals surface area (Å²) in [6, 6.07) is 0.486. The highest BCUT2D eigenvalue weighted by molar-refractivity contribution is 7.12. The summed E-state index contributed by atoms with van der Waals surface area (Å²) in [5.74, 6) is 0.574. The number of hydrogen-bond donors (Lipinski definition) is 1. The molecule has 2 fully saturated rings. The first-order valence-electron chi connectivity index (χ1n) is 7.88. The van der Waals surface area contributed by atoms with Gasteiger partial charge in [0.15, 0.2) is 0 Å². The van der Waals surface area contributed by atoms with Crippen LogP contribution in [0.1, 0.15) is 67.1 Å². The first-order valence-corrected chi connectivity index (χ1v) is 8.69. The smallest absolute Gasteiger partial charge is 0.0989 e. The molecule has 0 amide bonds. The van der Waals surface area contributed by atoms with Crippen molar-refractivity contribution in [2.75, 3.05) is 7.05 Å². The zero-order chi connectivity index (χ0) is 13.9. The van der Waals surface area contributed by atoms with E-state index in [-0.39, 0.29) is 0 Å². The van der Waals surface area contributed by atoms with E-state index in [1.807, 2.05) is 11.3 Å². The van der Waals surface area contributed by atoms with E-state index >= 15 is 0 Å². The number of ether oxygens (including phenoxy) is 1. The highest BCUT2D eigenvalue weighted by atomic mass is 32.1. The summed E-state index contributed by atoms with van der Waals surface area (Å²) < 4.78 is 6.02. The lowest BCUT2D eigenvalue weighted by Crippen LogP contribution is -2.30. The topological polar surface area (TPSA) is 34.2 Å². The van der Waals surface area contributed by atoms with Crippen molar-refractivity contribution in [3.63, 3.8) is 0 Å². The molecule has 4 rings (SSSR count). The molecule has 1 aromatic heterocycles. The Hall–Kier alpha value is -0.450. The second kappa shape index (κ2) is 4.52. The molecule has 4 heteroatoms. The SMILES string of the molecule is CNC1CC(C)(C)Cc2nc(C3CC4CCC3O4)sc21. The predicted octanol–water partition coefficient (Wildman–Crippen LogP) is 3.41. The van der Waals surface area contributed by atoms with Gasteiger partial charge in [0, 0.05) is 16.8 Å². The average Bonchev–Trinajstić information content (AvgIpc) is 3.09. The maximum absolute atomic E-state index is 6.02. The standard InChI is InChI=1S/C16H24N2OS/c1-16(2)7-11(17-3)14-12(8-16)18-15(20-14)10-6-9-4-5-13(10)19-9/h9-11,13,17H,4-8H2,1-3H3. The van der Waals surface area contributed by atoms with E-state index in [0.717, 1.165) is 6.42 Å². The summed E-state index contributed by atoms with van der Waals surface area (Å²) in [6.45, 7) is 4.72. The van der Waals surface area contributed by atoms with Crippen LogP contribution in [0.3, 0.4) is 0 Å². The number of nitrogens with one attached hydrogen (secondary N) is 1. The molecule has 0 radical (unpaired) electrons. The number of aromatic nitrogens is 1.